The summed E-state index contributed by atoms with van der Waals surface area (Å²) in [5.41, 5.74) is 1.94. The van der Waals surface area contributed by atoms with Crippen molar-refractivity contribution in [3.63, 3.8) is 0 Å². The molecule has 0 fully saturated rings. The van der Waals surface area contributed by atoms with Crippen LogP contribution in [0.25, 0.3) is 0 Å². The van der Waals surface area contributed by atoms with Gasteiger partial charge in [-0.3, -0.25) is 13.8 Å². The third kappa shape index (κ3) is 7.18. The first-order chi connectivity index (χ1) is 18.4. The second-order valence-corrected chi connectivity index (χ2v) is 13.4. The van der Waals surface area contributed by atoms with Crippen LogP contribution < -0.4 is 14.3 Å². The van der Waals surface area contributed by atoms with Gasteiger partial charge in [-0.2, -0.15) is 0 Å². The Morgan fingerprint density at radius 3 is 1.90 bits per heavy atom. The number of sulfonamides is 2. The molecule has 0 spiro atoms. The molecule has 12 heteroatoms. The maximum Gasteiger partial charge on any atom is 0.264 e. The molecule has 4 rings (SSSR count). The lowest BCUT2D eigenvalue weighted by atomic mass is 10.2. The molecule has 0 saturated heterocycles. The number of benzene rings is 4. The van der Waals surface area contributed by atoms with E-state index in [4.69, 9.17) is 11.6 Å². The molecule has 0 aromatic heterocycles. The summed E-state index contributed by atoms with van der Waals surface area (Å²) in [5, 5.41) is 3.01. The first-order valence-corrected chi connectivity index (χ1v) is 15.6. The summed E-state index contributed by atoms with van der Waals surface area (Å²) in [7, 11) is -7.96. The smallest absolute Gasteiger partial charge is 0.264 e. The molecule has 1 amide bonds. The van der Waals surface area contributed by atoms with Crippen LogP contribution in [-0.2, 0) is 24.8 Å². The summed E-state index contributed by atoms with van der Waals surface area (Å²) in [5.74, 6) is -0.614. The predicted octanol–water partition coefficient (Wildman–Crippen LogP) is 6.05. The molecular formula is C27H23BrClN3O5S2. The highest BCUT2D eigenvalue weighted by atomic mass is 79.9. The number of nitrogens with one attached hydrogen (secondary N) is 2. The third-order valence-corrected chi connectivity index (χ3v) is 9.52. The van der Waals surface area contributed by atoms with Crippen LogP contribution in [-0.4, -0.2) is 29.3 Å². The van der Waals surface area contributed by atoms with Gasteiger partial charge in [-0.05, 0) is 91.9 Å². The van der Waals surface area contributed by atoms with Crippen molar-refractivity contribution in [2.45, 2.75) is 16.7 Å². The van der Waals surface area contributed by atoms with Gasteiger partial charge in [-0.15, -0.1) is 0 Å². The molecule has 0 aliphatic rings. The number of carbonyl (C=O) groups is 1. The SMILES string of the molecule is Cc1ccc(N(CC(=O)Nc2ccc(S(=O)(=O)Nc3ccc(Br)cc3)cc2)S(=O)(=O)c2ccc(Cl)cc2)cc1. The van der Waals surface area contributed by atoms with Gasteiger partial charge in [0.1, 0.15) is 6.54 Å². The molecule has 8 nitrogen and oxygen atoms in total. The van der Waals surface area contributed by atoms with Crippen molar-refractivity contribution < 1.29 is 21.6 Å². The van der Waals surface area contributed by atoms with E-state index in [-0.39, 0.29) is 9.79 Å². The van der Waals surface area contributed by atoms with Crippen molar-refractivity contribution in [1.82, 2.24) is 0 Å². The fourth-order valence-electron chi connectivity index (χ4n) is 3.54. The zero-order valence-electron chi connectivity index (χ0n) is 20.5. The van der Waals surface area contributed by atoms with Crippen LogP contribution in [0.2, 0.25) is 5.02 Å². The van der Waals surface area contributed by atoms with E-state index in [9.17, 15) is 21.6 Å². The lowest BCUT2D eigenvalue weighted by Gasteiger charge is -2.24. The molecule has 39 heavy (non-hydrogen) atoms. The van der Waals surface area contributed by atoms with Crippen LogP contribution in [0.4, 0.5) is 17.1 Å². The minimum Gasteiger partial charge on any atom is -0.325 e. The van der Waals surface area contributed by atoms with Crippen molar-refractivity contribution in [3.8, 4) is 0 Å². The maximum atomic E-state index is 13.5. The Kier molecular flexibility index (Phi) is 8.65. The van der Waals surface area contributed by atoms with Crippen molar-refractivity contribution in [1.29, 1.82) is 0 Å². The number of carbonyl (C=O) groups excluding carboxylic acids is 1. The van der Waals surface area contributed by atoms with Gasteiger partial charge in [0.2, 0.25) is 5.91 Å². The number of hydrogen-bond acceptors (Lipinski definition) is 5. The van der Waals surface area contributed by atoms with Gasteiger partial charge in [0.05, 0.1) is 15.5 Å². The van der Waals surface area contributed by atoms with E-state index in [1.165, 1.54) is 48.5 Å². The minimum absolute atomic E-state index is 0.00461. The van der Waals surface area contributed by atoms with Crippen LogP contribution in [0.15, 0.2) is 111 Å². The molecule has 0 heterocycles. The third-order valence-electron chi connectivity index (χ3n) is 5.56. The maximum absolute atomic E-state index is 13.5. The van der Waals surface area contributed by atoms with Gasteiger partial charge in [-0.1, -0.05) is 45.2 Å². The molecule has 0 radical (unpaired) electrons. The van der Waals surface area contributed by atoms with E-state index in [2.05, 4.69) is 26.0 Å². The van der Waals surface area contributed by atoms with Crippen molar-refractivity contribution in [2.75, 3.05) is 20.9 Å². The Hall–Kier alpha value is -3.38. The Morgan fingerprint density at radius 1 is 0.769 bits per heavy atom. The van der Waals surface area contributed by atoms with Crippen LogP contribution in [0.1, 0.15) is 5.56 Å². The second-order valence-electron chi connectivity index (χ2n) is 8.49. The quantitative estimate of drug-likeness (QED) is 0.230. The summed E-state index contributed by atoms with van der Waals surface area (Å²) in [6, 6.07) is 24.6. The summed E-state index contributed by atoms with van der Waals surface area (Å²) in [4.78, 5) is 12.9. The zero-order valence-corrected chi connectivity index (χ0v) is 24.5. The van der Waals surface area contributed by atoms with E-state index < -0.39 is 32.5 Å². The minimum atomic E-state index is -4.11. The van der Waals surface area contributed by atoms with Gasteiger partial charge in [0, 0.05) is 20.9 Å². The molecule has 4 aromatic rings. The Morgan fingerprint density at radius 2 is 1.31 bits per heavy atom. The predicted molar refractivity (Wildman–Crippen MR) is 157 cm³/mol. The fraction of sp³-hybridized carbons (Fsp3) is 0.0741. The monoisotopic (exact) mass is 647 g/mol. The number of anilines is 3. The molecule has 202 valence electrons. The molecule has 0 unspecified atom stereocenters. The zero-order chi connectivity index (χ0) is 28.2. The highest BCUT2D eigenvalue weighted by Crippen LogP contribution is 2.26. The second kappa shape index (κ2) is 11.8. The molecule has 0 bridgehead atoms. The largest absolute Gasteiger partial charge is 0.325 e. The van der Waals surface area contributed by atoms with E-state index >= 15 is 0 Å². The number of amides is 1. The number of nitrogens with zero attached hydrogens (tertiary/aromatic N) is 1. The lowest BCUT2D eigenvalue weighted by molar-refractivity contribution is -0.114. The van der Waals surface area contributed by atoms with E-state index in [0.717, 1.165) is 14.3 Å². The number of hydrogen-bond donors (Lipinski definition) is 2. The van der Waals surface area contributed by atoms with Crippen LogP contribution >= 0.6 is 27.5 Å². The Bertz CT molecular complexity index is 1680. The topological polar surface area (TPSA) is 113 Å². The standard InChI is InChI=1S/C27H23BrClN3O5S2/c1-19-2-12-24(13-3-19)32(39(36,37)26-14-6-21(29)7-15-26)18-27(33)30-22-10-16-25(17-11-22)38(34,35)31-23-8-4-20(28)5-9-23/h2-17,31H,18H2,1H3,(H,30,33). The average Bonchev–Trinajstić information content (AvgIpc) is 2.90. The highest BCUT2D eigenvalue weighted by molar-refractivity contribution is 9.10. The molecule has 0 saturated carbocycles. The molecule has 0 aliphatic heterocycles. The Balaban J connectivity index is 1.52. The molecule has 0 atom stereocenters. The fourth-order valence-corrected chi connectivity index (χ4v) is 6.41. The summed E-state index contributed by atoms with van der Waals surface area (Å²) < 4.78 is 56.7. The van der Waals surface area contributed by atoms with Gasteiger partial charge in [0.15, 0.2) is 0 Å². The van der Waals surface area contributed by atoms with E-state index in [0.29, 0.717) is 22.1 Å². The summed E-state index contributed by atoms with van der Waals surface area (Å²) in [6.45, 7) is 1.35. The van der Waals surface area contributed by atoms with Gasteiger partial charge < -0.3 is 5.32 Å². The number of rotatable bonds is 9. The normalized spacial score (nSPS) is 11.6. The number of halogens is 2. The van der Waals surface area contributed by atoms with Gasteiger partial charge in [-0.25, -0.2) is 16.8 Å². The highest BCUT2D eigenvalue weighted by Gasteiger charge is 2.27. The molecule has 0 aliphatic carbocycles. The van der Waals surface area contributed by atoms with Crippen molar-refractivity contribution >= 4 is 70.5 Å². The molecule has 4 aromatic carbocycles. The van der Waals surface area contributed by atoms with Crippen molar-refractivity contribution in [2.24, 2.45) is 0 Å². The number of aryl methyl sites for hydroxylation is 1. The van der Waals surface area contributed by atoms with E-state index in [1.54, 1.807) is 48.5 Å². The summed E-state index contributed by atoms with van der Waals surface area (Å²) in [6.07, 6.45) is 0. The van der Waals surface area contributed by atoms with Crippen molar-refractivity contribution in [3.05, 3.63) is 112 Å². The van der Waals surface area contributed by atoms with Crippen LogP contribution in [0.3, 0.4) is 0 Å². The first kappa shape index (κ1) is 28.6. The van der Waals surface area contributed by atoms with E-state index in [1.807, 2.05) is 6.92 Å². The molecule has 2 N–H and O–H groups in total. The van der Waals surface area contributed by atoms with Crippen LogP contribution in [0.5, 0.6) is 0 Å². The molecular weight excluding hydrogens is 626 g/mol. The Labute approximate surface area is 240 Å². The summed E-state index contributed by atoms with van der Waals surface area (Å²) >= 11 is 9.22. The lowest BCUT2D eigenvalue weighted by Crippen LogP contribution is -2.38. The first-order valence-electron chi connectivity index (χ1n) is 11.5. The van der Waals surface area contributed by atoms with Crippen LogP contribution in [0, 0.1) is 6.92 Å². The van der Waals surface area contributed by atoms with Gasteiger partial charge >= 0.3 is 0 Å². The van der Waals surface area contributed by atoms with Gasteiger partial charge in [0.25, 0.3) is 20.0 Å². The average molecular weight is 649 g/mol.